The second-order valence-corrected chi connectivity index (χ2v) is 6.15. The Balaban J connectivity index is 2.13. The zero-order valence-electron chi connectivity index (χ0n) is 16.2. The smallest absolute Gasteiger partial charge is 0.256 e. The van der Waals surface area contributed by atoms with Crippen LogP contribution in [0.15, 0.2) is 53.6 Å². The van der Waals surface area contributed by atoms with Crippen molar-refractivity contribution < 1.29 is 14.3 Å². The zero-order chi connectivity index (χ0) is 20.5. The van der Waals surface area contributed by atoms with Crippen LogP contribution in [0.1, 0.15) is 22.8 Å². The quantitative estimate of drug-likeness (QED) is 0.277. The van der Waals surface area contributed by atoms with Gasteiger partial charge in [0.25, 0.3) is 5.91 Å². The number of ether oxygens (including phenoxy) is 1. The molecule has 0 aliphatic rings. The number of anilines is 1. The van der Waals surface area contributed by atoms with Crippen molar-refractivity contribution in [3.8, 4) is 5.75 Å². The molecule has 0 aliphatic heterocycles. The molecule has 148 valence electrons. The summed E-state index contributed by atoms with van der Waals surface area (Å²) in [7, 11) is 3.36. The van der Waals surface area contributed by atoms with E-state index in [1.807, 2.05) is 24.3 Å². The first kappa shape index (κ1) is 20.9. The summed E-state index contributed by atoms with van der Waals surface area (Å²) in [5, 5.41) is 11.4. The number of methoxy groups -OCH3 is 1. The first-order chi connectivity index (χ1) is 13.4. The maximum Gasteiger partial charge on any atom is 0.256 e. The van der Waals surface area contributed by atoms with Crippen molar-refractivity contribution in [1.29, 1.82) is 0 Å². The van der Waals surface area contributed by atoms with Gasteiger partial charge in [-0.3, -0.25) is 14.6 Å². The standard InChI is InChI=1S/C20H25N5O3/c1-14(21)19(24-25(2)17-5-4-6-18(11-17)28-3)23-20(27)16-9-7-15(8-10-16)12-22-13-26/h4-11,13-14H,12,21H2,1-3H3,(H,22,26)(H,23,24,27). The van der Waals surface area contributed by atoms with Crippen molar-refractivity contribution in [3.63, 3.8) is 0 Å². The molecule has 2 aromatic rings. The summed E-state index contributed by atoms with van der Waals surface area (Å²) in [5.41, 5.74) is 8.13. The van der Waals surface area contributed by atoms with E-state index >= 15 is 0 Å². The fraction of sp³-hybridized carbons (Fsp3) is 0.250. The summed E-state index contributed by atoms with van der Waals surface area (Å²) >= 11 is 0. The molecule has 0 spiro atoms. The predicted octanol–water partition coefficient (Wildman–Crippen LogP) is 1.47. The van der Waals surface area contributed by atoms with Crippen molar-refractivity contribution in [2.24, 2.45) is 10.8 Å². The van der Waals surface area contributed by atoms with Gasteiger partial charge in [0.05, 0.1) is 18.8 Å². The monoisotopic (exact) mass is 383 g/mol. The minimum atomic E-state index is -0.479. The molecule has 0 saturated heterocycles. The fourth-order valence-corrected chi connectivity index (χ4v) is 2.38. The molecular formula is C20H25N5O3. The minimum absolute atomic E-state index is 0.315. The summed E-state index contributed by atoms with van der Waals surface area (Å²) in [5.74, 6) is 0.724. The molecule has 0 bridgehead atoms. The first-order valence-corrected chi connectivity index (χ1v) is 8.73. The number of amides is 2. The van der Waals surface area contributed by atoms with E-state index < -0.39 is 6.04 Å². The normalized spacial score (nSPS) is 12.1. The Hall–Kier alpha value is -3.39. The van der Waals surface area contributed by atoms with Crippen LogP contribution < -0.4 is 26.1 Å². The molecule has 0 radical (unpaired) electrons. The third-order valence-corrected chi connectivity index (χ3v) is 3.96. The summed E-state index contributed by atoms with van der Waals surface area (Å²) in [6.07, 6.45) is 0.630. The largest absolute Gasteiger partial charge is 0.497 e. The van der Waals surface area contributed by atoms with Crippen molar-refractivity contribution in [2.45, 2.75) is 19.5 Å². The van der Waals surface area contributed by atoms with E-state index in [0.717, 1.165) is 11.3 Å². The molecule has 0 saturated carbocycles. The average Bonchev–Trinajstić information content (AvgIpc) is 2.71. The summed E-state index contributed by atoms with van der Waals surface area (Å²) in [4.78, 5) is 22.9. The molecular weight excluding hydrogens is 358 g/mol. The van der Waals surface area contributed by atoms with Gasteiger partial charge in [-0.2, -0.15) is 5.10 Å². The van der Waals surface area contributed by atoms with Crippen molar-refractivity contribution in [3.05, 3.63) is 59.7 Å². The molecule has 0 fully saturated rings. The Kier molecular flexibility index (Phi) is 7.53. The van der Waals surface area contributed by atoms with E-state index in [4.69, 9.17) is 10.5 Å². The minimum Gasteiger partial charge on any atom is -0.497 e. The summed E-state index contributed by atoms with van der Waals surface area (Å²) in [6.45, 7) is 2.15. The van der Waals surface area contributed by atoms with Gasteiger partial charge in [0.15, 0.2) is 0 Å². The molecule has 0 aromatic heterocycles. The number of nitrogens with two attached hydrogens (primary N) is 1. The third-order valence-electron chi connectivity index (χ3n) is 3.96. The van der Waals surface area contributed by atoms with Crippen LogP contribution in [0, 0.1) is 0 Å². The Bertz CT molecular complexity index is 834. The summed E-state index contributed by atoms with van der Waals surface area (Å²) < 4.78 is 5.22. The van der Waals surface area contributed by atoms with Crippen LogP contribution in [0.3, 0.4) is 0 Å². The molecule has 2 aromatic carbocycles. The van der Waals surface area contributed by atoms with Crippen LogP contribution in [0.5, 0.6) is 5.75 Å². The van der Waals surface area contributed by atoms with Gasteiger partial charge in [-0.15, -0.1) is 0 Å². The molecule has 0 aliphatic carbocycles. The van der Waals surface area contributed by atoms with E-state index in [9.17, 15) is 9.59 Å². The molecule has 0 heterocycles. The van der Waals surface area contributed by atoms with Crippen LogP contribution in [0.2, 0.25) is 0 Å². The van der Waals surface area contributed by atoms with E-state index in [1.54, 1.807) is 50.4 Å². The average molecular weight is 383 g/mol. The van der Waals surface area contributed by atoms with Crippen LogP contribution in [0.25, 0.3) is 0 Å². The Morgan fingerprint density at radius 2 is 2.00 bits per heavy atom. The number of carbonyl (C=O) groups is 2. The van der Waals surface area contributed by atoms with E-state index in [1.165, 1.54) is 0 Å². The predicted molar refractivity (Wildman–Crippen MR) is 109 cm³/mol. The van der Waals surface area contributed by atoms with Gasteiger partial charge in [-0.25, -0.2) is 0 Å². The number of benzene rings is 2. The number of nitrogens with zero attached hydrogens (tertiary/aromatic N) is 2. The molecule has 1 atom stereocenters. The van der Waals surface area contributed by atoms with Crippen LogP contribution in [-0.2, 0) is 11.3 Å². The number of hydrogen-bond acceptors (Lipinski definition) is 6. The second-order valence-electron chi connectivity index (χ2n) is 6.15. The highest BCUT2D eigenvalue weighted by Gasteiger charge is 2.14. The second kappa shape index (κ2) is 10.1. The Morgan fingerprint density at radius 3 is 2.61 bits per heavy atom. The third kappa shape index (κ3) is 5.82. The molecule has 1 unspecified atom stereocenters. The van der Waals surface area contributed by atoms with Crippen LogP contribution in [0.4, 0.5) is 5.69 Å². The van der Waals surface area contributed by atoms with Gasteiger partial charge in [0.1, 0.15) is 11.6 Å². The van der Waals surface area contributed by atoms with Gasteiger partial charge in [-0.1, -0.05) is 18.2 Å². The highest BCUT2D eigenvalue weighted by atomic mass is 16.5. The number of amidine groups is 1. The van der Waals surface area contributed by atoms with Gasteiger partial charge in [0, 0.05) is 25.2 Å². The molecule has 2 rings (SSSR count). The van der Waals surface area contributed by atoms with Gasteiger partial charge in [-0.05, 0) is 36.8 Å². The van der Waals surface area contributed by atoms with Gasteiger partial charge >= 0.3 is 0 Å². The fourth-order valence-electron chi connectivity index (χ4n) is 2.38. The van der Waals surface area contributed by atoms with Crippen LogP contribution >= 0.6 is 0 Å². The maximum absolute atomic E-state index is 12.5. The molecule has 28 heavy (non-hydrogen) atoms. The highest BCUT2D eigenvalue weighted by molar-refractivity contribution is 6.08. The number of nitrogens with one attached hydrogen (secondary N) is 2. The SMILES string of the molecule is COc1cccc(N(C)/N=C(/NC(=O)c2ccc(CNC=O)cc2)C(C)N)c1. The Labute approximate surface area is 164 Å². The lowest BCUT2D eigenvalue weighted by molar-refractivity contribution is -0.109. The lowest BCUT2D eigenvalue weighted by Crippen LogP contribution is -2.43. The van der Waals surface area contributed by atoms with Crippen molar-refractivity contribution in [1.82, 2.24) is 10.6 Å². The first-order valence-electron chi connectivity index (χ1n) is 8.73. The van der Waals surface area contributed by atoms with Crippen molar-refractivity contribution >= 4 is 23.8 Å². The zero-order valence-corrected chi connectivity index (χ0v) is 16.2. The van der Waals surface area contributed by atoms with Crippen molar-refractivity contribution in [2.75, 3.05) is 19.2 Å². The van der Waals surface area contributed by atoms with E-state index in [0.29, 0.717) is 30.1 Å². The Morgan fingerprint density at radius 1 is 1.29 bits per heavy atom. The number of hydrogen-bond donors (Lipinski definition) is 3. The number of hydrazone groups is 1. The lowest BCUT2D eigenvalue weighted by atomic mass is 10.1. The molecule has 2 amide bonds. The van der Waals surface area contributed by atoms with E-state index in [2.05, 4.69) is 15.7 Å². The number of carbonyl (C=O) groups excluding carboxylic acids is 2. The molecule has 8 heteroatoms. The maximum atomic E-state index is 12.5. The van der Waals surface area contributed by atoms with Gasteiger partial charge < -0.3 is 21.1 Å². The number of rotatable bonds is 8. The van der Waals surface area contributed by atoms with E-state index in [-0.39, 0.29) is 5.91 Å². The molecule has 8 nitrogen and oxygen atoms in total. The van der Waals surface area contributed by atoms with Crippen LogP contribution in [-0.4, -0.2) is 38.4 Å². The van der Waals surface area contributed by atoms with Gasteiger partial charge in [0.2, 0.25) is 6.41 Å². The topological polar surface area (TPSA) is 109 Å². The lowest BCUT2D eigenvalue weighted by Gasteiger charge is -2.19. The molecule has 4 N–H and O–H groups in total. The highest BCUT2D eigenvalue weighted by Crippen LogP contribution is 2.20. The summed E-state index contributed by atoms with van der Waals surface area (Å²) in [6, 6.07) is 13.8.